The molecule has 0 unspecified atom stereocenters. The summed E-state index contributed by atoms with van der Waals surface area (Å²) < 4.78 is 12.5. The second kappa shape index (κ2) is 11.4. The van der Waals surface area contributed by atoms with E-state index in [2.05, 4.69) is 26.1 Å². The Bertz CT molecular complexity index is 1370. The van der Waals surface area contributed by atoms with Gasteiger partial charge in [-0.3, -0.25) is 14.4 Å². The second-order valence-corrected chi connectivity index (χ2v) is 11.1. The zero-order chi connectivity index (χ0) is 27.7. The average molecular weight is 594 g/mol. The zero-order valence-electron chi connectivity index (χ0n) is 22.6. The van der Waals surface area contributed by atoms with Crippen LogP contribution in [0.2, 0.25) is 0 Å². The molecule has 0 bridgehead atoms. The van der Waals surface area contributed by atoms with Crippen LogP contribution < -0.4 is 14.8 Å². The van der Waals surface area contributed by atoms with Gasteiger partial charge in [-0.25, -0.2) is 0 Å². The van der Waals surface area contributed by atoms with E-state index in [1.807, 2.05) is 57.3 Å². The van der Waals surface area contributed by atoms with Crippen molar-refractivity contribution in [1.82, 2.24) is 4.90 Å². The predicted octanol–water partition coefficient (Wildman–Crippen LogP) is 6.22. The molecular weight excluding hydrogens is 560 g/mol. The van der Waals surface area contributed by atoms with E-state index in [0.29, 0.717) is 41.1 Å². The van der Waals surface area contributed by atoms with E-state index < -0.39 is 5.92 Å². The number of rotatable bonds is 7. The van der Waals surface area contributed by atoms with Crippen LogP contribution in [0.3, 0.4) is 0 Å². The predicted molar refractivity (Wildman–Crippen MR) is 153 cm³/mol. The minimum absolute atomic E-state index is 0.0975. The van der Waals surface area contributed by atoms with E-state index in [9.17, 15) is 14.4 Å². The fourth-order valence-corrected chi connectivity index (χ4v) is 6.48. The lowest BCUT2D eigenvalue weighted by Crippen LogP contribution is -2.37. The average Bonchev–Trinajstić information content (AvgIpc) is 2.89. The molecule has 5 rings (SSSR count). The molecule has 0 saturated carbocycles. The maximum atomic E-state index is 13.3. The fourth-order valence-electron chi connectivity index (χ4n) is 5.90. The Hall–Kier alpha value is -3.39. The Labute approximate surface area is 237 Å². The van der Waals surface area contributed by atoms with Gasteiger partial charge in [0.25, 0.3) is 5.91 Å². The molecule has 8 heteroatoms. The maximum absolute atomic E-state index is 13.3. The molecule has 0 spiro atoms. The Balaban J connectivity index is 1.50. The summed E-state index contributed by atoms with van der Waals surface area (Å²) in [6, 6.07) is 11.3. The normalized spacial score (nSPS) is 17.7. The number of hydrogen-bond acceptors (Lipinski definition) is 6. The molecule has 0 aromatic heterocycles. The summed E-state index contributed by atoms with van der Waals surface area (Å²) in [5.74, 6) is 0.322. The number of nitrogens with one attached hydrogen (secondary N) is 1. The van der Waals surface area contributed by atoms with Crippen molar-refractivity contribution >= 4 is 39.1 Å². The van der Waals surface area contributed by atoms with Crippen molar-refractivity contribution in [3.63, 3.8) is 0 Å². The summed E-state index contributed by atoms with van der Waals surface area (Å²) in [5, 5.41) is 2.85. The van der Waals surface area contributed by atoms with Crippen LogP contribution in [0.5, 0.6) is 11.5 Å². The molecule has 1 heterocycles. The summed E-state index contributed by atoms with van der Waals surface area (Å²) in [4.78, 5) is 41.4. The Morgan fingerprint density at radius 3 is 2.28 bits per heavy atom. The van der Waals surface area contributed by atoms with Gasteiger partial charge in [0.2, 0.25) is 0 Å². The molecule has 39 heavy (non-hydrogen) atoms. The molecule has 2 aliphatic carbocycles. The molecule has 3 aliphatic rings. The summed E-state index contributed by atoms with van der Waals surface area (Å²) in [6.45, 7) is 4.01. The van der Waals surface area contributed by atoms with Gasteiger partial charge in [-0.05, 0) is 90.9 Å². The van der Waals surface area contributed by atoms with Crippen LogP contribution >= 0.6 is 15.9 Å². The summed E-state index contributed by atoms with van der Waals surface area (Å²) in [5.41, 5.74) is 6.03. The van der Waals surface area contributed by atoms with Crippen molar-refractivity contribution < 1.29 is 23.9 Å². The number of ether oxygens (including phenoxy) is 2. The number of nitrogens with zero attached hydrogens (tertiary/aromatic N) is 1. The Morgan fingerprint density at radius 1 is 1.00 bits per heavy atom. The first kappa shape index (κ1) is 27.2. The van der Waals surface area contributed by atoms with Gasteiger partial charge in [0, 0.05) is 54.0 Å². The monoisotopic (exact) mass is 592 g/mol. The number of aryl methyl sites for hydroxylation is 1. The van der Waals surface area contributed by atoms with E-state index in [1.165, 1.54) is 0 Å². The number of hydrogen-bond donors (Lipinski definition) is 1. The van der Waals surface area contributed by atoms with Crippen LogP contribution in [-0.2, 0) is 14.4 Å². The number of benzene rings is 2. The highest BCUT2D eigenvalue weighted by Crippen LogP contribution is 2.50. The van der Waals surface area contributed by atoms with Crippen LogP contribution in [-0.4, -0.2) is 42.6 Å². The topological polar surface area (TPSA) is 84.9 Å². The SMILES string of the molecule is CCOc1cc(C2C3=C(CCCC3=O)N(C)C3=C2C(=O)CCC3)cc(Br)c1OCC(=O)Nc1cccc(C)c1. The van der Waals surface area contributed by atoms with E-state index in [0.717, 1.165) is 59.4 Å². The van der Waals surface area contributed by atoms with Crippen molar-refractivity contribution in [3.05, 3.63) is 74.5 Å². The smallest absolute Gasteiger partial charge is 0.262 e. The number of halogens is 1. The number of ketones is 2. The first-order valence-electron chi connectivity index (χ1n) is 13.5. The number of anilines is 1. The third kappa shape index (κ3) is 5.39. The molecule has 2 aromatic rings. The molecule has 7 nitrogen and oxygen atoms in total. The van der Waals surface area contributed by atoms with Crippen molar-refractivity contribution in [2.75, 3.05) is 25.6 Å². The number of Topliss-reactive ketones (excluding diaryl/α,β-unsaturated/α-hetero) is 2. The lowest BCUT2D eigenvalue weighted by atomic mass is 9.71. The quantitative estimate of drug-likeness (QED) is 0.411. The van der Waals surface area contributed by atoms with E-state index in [1.54, 1.807) is 0 Å². The Morgan fingerprint density at radius 2 is 1.67 bits per heavy atom. The maximum Gasteiger partial charge on any atom is 0.262 e. The van der Waals surface area contributed by atoms with E-state index in [-0.39, 0.29) is 24.1 Å². The zero-order valence-corrected chi connectivity index (χ0v) is 24.2. The highest BCUT2D eigenvalue weighted by molar-refractivity contribution is 9.10. The van der Waals surface area contributed by atoms with Gasteiger partial charge in [0.05, 0.1) is 11.1 Å². The standard InChI is InChI=1S/C31H33BrN2O5/c1-4-38-26-16-19(15-21(32)31(26)39-17-27(37)33-20-9-5-8-18(2)14-20)28-29-22(10-6-12-24(29)35)34(3)23-11-7-13-25(36)30(23)28/h5,8-9,14-16,28H,4,6-7,10-13,17H2,1-3H3,(H,33,37). The second-order valence-electron chi connectivity index (χ2n) is 10.2. The first-order chi connectivity index (χ1) is 18.8. The number of carbonyl (C=O) groups is 3. The van der Waals surface area contributed by atoms with Gasteiger partial charge in [0.1, 0.15) is 0 Å². The van der Waals surface area contributed by atoms with Crippen LogP contribution in [0, 0.1) is 6.92 Å². The highest BCUT2D eigenvalue weighted by atomic mass is 79.9. The number of carbonyl (C=O) groups excluding carboxylic acids is 3. The van der Waals surface area contributed by atoms with Gasteiger partial charge in [-0.2, -0.15) is 0 Å². The number of amides is 1. The van der Waals surface area contributed by atoms with Gasteiger partial charge < -0.3 is 19.7 Å². The first-order valence-corrected chi connectivity index (χ1v) is 14.3. The van der Waals surface area contributed by atoms with Gasteiger partial charge >= 0.3 is 0 Å². The largest absolute Gasteiger partial charge is 0.490 e. The Kier molecular flexibility index (Phi) is 7.93. The minimum Gasteiger partial charge on any atom is -0.490 e. The molecular formula is C31H33BrN2O5. The molecule has 1 aliphatic heterocycles. The molecule has 0 saturated heterocycles. The third-order valence-electron chi connectivity index (χ3n) is 7.56. The van der Waals surface area contributed by atoms with Gasteiger partial charge in [-0.1, -0.05) is 12.1 Å². The third-order valence-corrected chi connectivity index (χ3v) is 8.15. The summed E-state index contributed by atoms with van der Waals surface area (Å²) in [7, 11) is 1.98. The molecule has 0 radical (unpaired) electrons. The van der Waals surface area contributed by atoms with Crippen molar-refractivity contribution in [2.24, 2.45) is 0 Å². The van der Waals surface area contributed by atoms with Crippen LogP contribution in [0.25, 0.3) is 0 Å². The van der Waals surface area contributed by atoms with Crippen LogP contribution in [0.15, 0.2) is 63.4 Å². The van der Waals surface area contributed by atoms with Crippen LogP contribution in [0.4, 0.5) is 5.69 Å². The molecule has 1 amide bonds. The molecule has 1 N–H and O–H groups in total. The summed E-state index contributed by atoms with van der Waals surface area (Å²) in [6.07, 6.45) is 4.23. The molecule has 0 fully saturated rings. The summed E-state index contributed by atoms with van der Waals surface area (Å²) >= 11 is 3.63. The lowest BCUT2D eigenvalue weighted by Gasteiger charge is -2.42. The lowest BCUT2D eigenvalue weighted by molar-refractivity contribution is -0.118. The van der Waals surface area contributed by atoms with E-state index >= 15 is 0 Å². The van der Waals surface area contributed by atoms with Crippen molar-refractivity contribution in [3.8, 4) is 11.5 Å². The minimum atomic E-state index is -0.444. The molecule has 0 atom stereocenters. The molecule has 204 valence electrons. The van der Waals surface area contributed by atoms with Crippen LogP contribution in [0.1, 0.15) is 62.5 Å². The van der Waals surface area contributed by atoms with Gasteiger partial charge in [-0.15, -0.1) is 0 Å². The highest BCUT2D eigenvalue weighted by Gasteiger charge is 2.42. The number of allylic oxidation sites excluding steroid dienone is 4. The van der Waals surface area contributed by atoms with Gasteiger partial charge in [0.15, 0.2) is 29.7 Å². The fraction of sp³-hybridized carbons (Fsp3) is 0.387. The van der Waals surface area contributed by atoms with Crippen molar-refractivity contribution in [2.45, 2.75) is 58.3 Å². The molecule has 2 aromatic carbocycles. The van der Waals surface area contributed by atoms with E-state index in [4.69, 9.17) is 9.47 Å². The van der Waals surface area contributed by atoms with Crippen molar-refractivity contribution in [1.29, 1.82) is 0 Å².